The first-order valence-electron chi connectivity index (χ1n) is 5.71. The molecule has 2 aromatic rings. The lowest BCUT2D eigenvalue weighted by Crippen LogP contribution is -2.00. The van der Waals surface area contributed by atoms with Crippen molar-refractivity contribution in [3.63, 3.8) is 0 Å². The van der Waals surface area contributed by atoms with E-state index in [4.69, 9.17) is 4.74 Å². The van der Waals surface area contributed by atoms with Crippen LogP contribution in [0.4, 0.5) is 0 Å². The first-order chi connectivity index (χ1) is 9.02. The number of carbonyl (C=O) groups is 1. The van der Waals surface area contributed by atoms with Crippen LogP contribution >= 0.6 is 15.9 Å². The van der Waals surface area contributed by atoms with E-state index in [9.17, 15) is 9.90 Å². The Morgan fingerprint density at radius 3 is 2.53 bits per heavy atom. The topological polar surface area (TPSA) is 46.5 Å². The van der Waals surface area contributed by atoms with Crippen LogP contribution in [0.3, 0.4) is 0 Å². The lowest BCUT2D eigenvalue weighted by atomic mass is 9.97. The highest BCUT2D eigenvalue weighted by Crippen LogP contribution is 2.34. The van der Waals surface area contributed by atoms with Crippen LogP contribution in [-0.2, 0) is 0 Å². The Morgan fingerprint density at radius 2 is 1.89 bits per heavy atom. The van der Waals surface area contributed by atoms with Crippen LogP contribution in [0.25, 0.3) is 11.1 Å². The lowest BCUT2D eigenvalue weighted by Gasteiger charge is -2.12. The molecule has 3 nitrogen and oxygen atoms in total. The van der Waals surface area contributed by atoms with E-state index in [-0.39, 0.29) is 5.56 Å². The van der Waals surface area contributed by atoms with Gasteiger partial charge in [-0.1, -0.05) is 33.6 Å². The highest BCUT2D eigenvalue weighted by atomic mass is 79.9. The molecule has 1 N–H and O–H groups in total. The third kappa shape index (κ3) is 2.79. The SMILES string of the molecule is COc1ccc(C)cc1-c1ccc(Br)cc1C(=O)O. The molecule has 0 radical (unpaired) electrons. The third-order valence-electron chi connectivity index (χ3n) is 2.86. The van der Waals surface area contributed by atoms with E-state index >= 15 is 0 Å². The molecular formula is C15H13BrO3. The molecule has 98 valence electrons. The number of aromatic carboxylic acids is 1. The van der Waals surface area contributed by atoms with Gasteiger partial charge in [0.15, 0.2) is 0 Å². The van der Waals surface area contributed by atoms with Crippen LogP contribution < -0.4 is 4.74 Å². The van der Waals surface area contributed by atoms with Crippen molar-refractivity contribution in [2.75, 3.05) is 7.11 Å². The molecule has 0 aromatic heterocycles. The van der Waals surface area contributed by atoms with E-state index < -0.39 is 5.97 Å². The van der Waals surface area contributed by atoms with Crippen molar-refractivity contribution in [2.24, 2.45) is 0 Å². The fraction of sp³-hybridized carbons (Fsp3) is 0.133. The summed E-state index contributed by atoms with van der Waals surface area (Å²) in [5.41, 5.74) is 2.73. The van der Waals surface area contributed by atoms with Crippen LogP contribution in [0.15, 0.2) is 40.9 Å². The summed E-state index contributed by atoms with van der Waals surface area (Å²) in [5.74, 6) is -0.296. The molecule has 19 heavy (non-hydrogen) atoms. The fourth-order valence-electron chi connectivity index (χ4n) is 1.96. The Bertz CT molecular complexity index is 635. The standard InChI is InChI=1S/C15H13BrO3/c1-9-3-6-14(19-2)12(7-9)11-5-4-10(16)8-13(11)15(17)18/h3-8H,1-2H3,(H,17,18). The molecule has 0 aliphatic carbocycles. The van der Waals surface area contributed by atoms with Crippen LogP contribution in [0.1, 0.15) is 15.9 Å². The maximum atomic E-state index is 11.4. The van der Waals surface area contributed by atoms with Crippen LogP contribution in [0.5, 0.6) is 5.75 Å². The average Bonchev–Trinajstić information content (AvgIpc) is 2.38. The maximum Gasteiger partial charge on any atom is 0.336 e. The Balaban J connectivity index is 2.71. The van der Waals surface area contributed by atoms with Crippen molar-refractivity contribution in [2.45, 2.75) is 6.92 Å². The van der Waals surface area contributed by atoms with E-state index in [1.165, 1.54) is 0 Å². The summed E-state index contributed by atoms with van der Waals surface area (Å²) in [6.45, 7) is 1.96. The van der Waals surface area contributed by atoms with Gasteiger partial charge in [-0.05, 0) is 36.8 Å². The summed E-state index contributed by atoms with van der Waals surface area (Å²) in [6, 6.07) is 10.9. The van der Waals surface area contributed by atoms with Crippen LogP contribution in [0, 0.1) is 6.92 Å². The second-order valence-corrected chi connectivity index (χ2v) is 5.11. The minimum atomic E-state index is -0.958. The predicted octanol–water partition coefficient (Wildman–Crippen LogP) is 4.13. The van der Waals surface area contributed by atoms with Gasteiger partial charge in [0.25, 0.3) is 0 Å². The molecular weight excluding hydrogens is 308 g/mol. The first-order valence-corrected chi connectivity index (χ1v) is 6.50. The zero-order valence-electron chi connectivity index (χ0n) is 10.6. The number of aryl methyl sites for hydroxylation is 1. The largest absolute Gasteiger partial charge is 0.496 e. The zero-order valence-corrected chi connectivity index (χ0v) is 12.2. The fourth-order valence-corrected chi connectivity index (χ4v) is 2.32. The zero-order chi connectivity index (χ0) is 14.0. The lowest BCUT2D eigenvalue weighted by molar-refractivity contribution is 0.0697. The second-order valence-electron chi connectivity index (χ2n) is 4.20. The van der Waals surface area contributed by atoms with Gasteiger partial charge in [-0.15, -0.1) is 0 Å². The van der Waals surface area contributed by atoms with E-state index in [1.807, 2.05) is 31.2 Å². The summed E-state index contributed by atoms with van der Waals surface area (Å²) in [7, 11) is 1.58. The molecule has 0 bridgehead atoms. The second kappa shape index (κ2) is 5.45. The summed E-state index contributed by atoms with van der Waals surface area (Å²) in [5, 5.41) is 9.32. The van der Waals surface area contributed by atoms with E-state index in [0.29, 0.717) is 11.3 Å². The Hall–Kier alpha value is -1.81. The van der Waals surface area contributed by atoms with Crippen LogP contribution in [0.2, 0.25) is 0 Å². The summed E-state index contributed by atoms with van der Waals surface area (Å²) >= 11 is 3.29. The Labute approximate surface area is 120 Å². The summed E-state index contributed by atoms with van der Waals surface area (Å²) in [6.07, 6.45) is 0. The summed E-state index contributed by atoms with van der Waals surface area (Å²) < 4.78 is 6.05. The van der Waals surface area contributed by atoms with Gasteiger partial charge >= 0.3 is 5.97 Å². The molecule has 0 saturated carbocycles. The third-order valence-corrected chi connectivity index (χ3v) is 3.35. The van der Waals surface area contributed by atoms with Gasteiger partial charge in [0.1, 0.15) is 5.75 Å². The Morgan fingerprint density at radius 1 is 1.16 bits per heavy atom. The maximum absolute atomic E-state index is 11.4. The number of hydrogen-bond donors (Lipinski definition) is 1. The normalized spacial score (nSPS) is 10.3. The van der Waals surface area contributed by atoms with Gasteiger partial charge in [-0.3, -0.25) is 0 Å². The first kappa shape index (κ1) is 13.6. The number of ether oxygens (including phenoxy) is 1. The van der Waals surface area contributed by atoms with E-state index in [2.05, 4.69) is 15.9 Å². The van der Waals surface area contributed by atoms with Gasteiger partial charge in [-0.2, -0.15) is 0 Å². The van der Waals surface area contributed by atoms with Gasteiger partial charge in [0.05, 0.1) is 12.7 Å². The Kier molecular flexibility index (Phi) is 3.90. The number of carboxylic acid groups (broad SMARTS) is 1. The van der Waals surface area contributed by atoms with Gasteiger partial charge in [-0.25, -0.2) is 4.79 Å². The quantitative estimate of drug-likeness (QED) is 0.924. The molecule has 0 spiro atoms. The predicted molar refractivity (Wildman–Crippen MR) is 77.8 cm³/mol. The molecule has 2 aromatic carbocycles. The molecule has 0 fully saturated rings. The molecule has 0 aliphatic rings. The molecule has 0 amide bonds. The van der Waals surface area contributed by atoms with Crippen LogP contribution in [-0.4, -0.2) is 18.2 Å². The smallest absolute Gasteiger partial charge is 0.336 e. The number of carboxylic acids is 1. The number of halogens is 1. The molecule has 0 unspecified atom stereocenters. The van der Waals surface area contributed by atoms with Crippen molar-refractivity contribution in [1.29, 1.82) is 0 Å². The molecule has 0 saturated heterocycles. The number of methoxy groups -OCH3 is 1. The summed E-state index contributed by atoms with van der Waals surface area (Å²) in [4.78, 5) is 11.4. The monoisotopic (exact) mass is 320 g/mol. The van der Waals surface area contributed by atoms with Crippen molar-refractivity contribution in [3.8, 4) is 16.9 Å². The number of rotatable bonds is 3. The molecule has 0 aliphatic heterocycles. The molecule has 0 atom stereocenters. The highest BCUT2D eigenvalue weighted by Gasteiger charge is 2.15. The number of benzene rings is 2. The van der Waals surface area contributed by atoms with E-state index in [1.54, 1.807) is 19.2 Å². The highest BCUT2D eigenvalue weighted by molar-refractivity contribution is 9.10. The molecule has 0 heterocycles. The van der Waals surface area contributed by atoms with Crippen molar-refractivity contribution in [3.05, 3.63) is 52.0 Å². The van der Waals surface area contributed by atoms with E-state index in [0.717, 1.165) is 15.6 Å². The average molecular weight is 321 g/mol. The van der Waals surface area contributed by atoms with Gasteiger partial charge < -0.3 is 9.84 Å². The minimum Gasteiger partial charge on any atom is -0.496 e. The number of hydrogen-bond acceptors (Lipinski definition) is 2. The van der Waals surface area contributed by atoms with Gasteiger partial charge in [0, 0.05) is 10.0 Å². The molecule has 2 rings (SSSR count). The van der Waals surface area contributed by atoms with Crippen molar-refractivity contribution in [1.82, 2.24) is 0 Å². The van der Waals surface area contributed by atoms with Crippen molar-refractivity contribution >= 4 is 21.9 Å². The van der Waals surface area contributed by atoms with Gasteiger partial charge in [0.2, 0.25) is 0 Å². The minimum absolute atomic E-state index is 0.248. The van der Waals surface area contributed by atoms with Crippen molar-refractivity contribution < 1.29 is 14.6 Å². The molecule has 4 heteroatoms.